The largest absolute Gasteiger partial charge is 0.265 e. The van der Waals surface area contributed by atoms with Crippen LogP contribution in [-0.4, -0.2) is 29.5 Å². The van der Waals surface area contributed by atoms with E-state index in [1.807, 2.05) is 0 Å². The number of para-hydroxylation sites is 1. The number of hydrogen-bond donors (Lipinski definition) is 0. The van der Waals surface area contributed by atoms with Crippen LogP contribution in [0.15, 0.2) is 30.3 Å². The van der Waals surface area contributed by atoms with Gasteiger partial charge in [-0.15, -0.1) is 0 Å². The van der Waals surface area contributed by atoms with E-state index in [2.05, 4.69) is 74.0 Å². The van der Waals surface area contributed by atoms with Gasteiger partial charge in [-0.05, 0) is 31.9 Å². The first kappa shape index (κ1) is 11.8. The minimum Gasteiger partial charge on any atom is -0.265 e. The van der Waals surface area contributed by atoms with Crippen molar-refractivity contribution in [2.24, 2.45) is 5.41 Å². The van der Waals surface area contributed by atoms with E-state index in [-0.39, 0.29) is 0 Å². The number of benzene rings is 1. The Labute approximate surface area is 110 Å². The molecule has 0 saturated heterocycles. The lowest BCUT2D eigenvalue weighted by Gasteiger charge is -2.45. The summed E-state index contributed by atoms with van der Waals surface area (Å²) in [5, 5.41) is 0. The molecule has 18 heavy (non-hydrogen) atoms. The van der Waals surface area contributed by atoms with Crippen LogP contribution in [0.1, 0.15) is 33.6 Å². The molecule has 2 atom stereocenters. The van der Waals surface area contributed by atoms with Crippen LogP contribution in [0.4, 0.5) is 5.69 Å². The molecule has 0 aromatic heterocycles. The summed E-state index contributed by atoms with van der Waals surface area (Å²) in [7, 11) is 2.22. The van der Waals surface area contributed by atoms with Crippen molar-refractivity contribution in [3.05, 3.63) is 30.3 Å². The van der Waals surface area contributed by atoms with Gasteiger partial charge in [-0.2, -0.15) is 0 Å². The van der Waals surface area contributed by atoms with Crippen LogP contribution in [0.3, 0.4) is 0 Å². The van der Waals surface area contributed by atoms with Gasteiger partial charge in [0, 0.05) is 5.41 Å². The van der Waals surface area contributed by atoms with Gasteiger partial charge in [0.25, 0.3) is 0 Å². The number of fused-ring (bicyclic) bond motifs is 2. The van der Waals surface area contributed by atoms with Gasteiger partial charge >= 0.3 is 0 Å². The lowest BCUT2D eigenvalue weighted by atomic mass is 9.72. The highest BCUT2D eigenvalue weighted by Gasteiger charge is 2.62. The number of nitrogens with zero attached hydrogens (tertiary/aromatic N) is 2. The highest BCUT2D eigenvalue weighted by molar-refractivity contribution is 5.78. The fourth-order valence-electron chi connectivity index (χ4n) is 3.82. The normalized spacial score (nSPS) is 33.4. The first-order valence-corrected chi connectivity index (χ1v) is 6.88. The van der Waals surface area contributed by atoms with Crippen LogP contribution >= 0.6 is 0 Å². The van der Waals surface area contributed by atoms with E-state index in [1.165, 1.54) is 18.5 Å². The van der Waals surface area contributed by atoms with Crippen molar-refractivity contribution in [3.63, 3.8) is 0 Å². The van der Waals surface area contributed by atoms with Crippen LogP contribution in [0.2, 0.25) is 0 Å². The predicted molar refractivity (Wildman–Crippen MR) is 76.4 cm³/mol. The van der Waals surface area contributed by atoms with Crippen LogP contribution in [0, 0.1) is 5.41 Å². The highest BCUT2D eigenvalue weighted by atomic mass is 15.3. The predicted octanol–water partition coefficient (Wildman–Crippen LogP) is 3.12. The number of rotatable bonds is 1. The summed E-state index contributed by atoms with van der Waals surface area (Å²) >= 11 is 0. The monoisotopic (exact) mass is 243 g/mol. The number of hydrogen-bond acceptors (Lipinski definition) is 1. The van der Waals surface area contributed by atoms with Gasteiger partial charge in [0.15, 0.2) is 0 Å². The standard InChI is InChI=1S/C16H23N2/c1-15(2)14-10-11-16(15,3)17(4)12-18(14)13-8-6-5-7-9-13/h5-9,12,14H,10-11H2,1-4H3/q+1/t14-,16+/m0/s1. The molecule has 0 amide bonds. The Morgan fingerprint density at radius 1 is 1.17 bits per heavy atom. The van der Waals surface area contributed by atoms with E-state index in [0.717, 1.165) is 0 Å². The van der Waals surface area contributed by atoms with Gasteiger partial charge in [0.1, 0.15) is 17.3 Å². The lowest BCUT2D eigenvalue weighted by Crippen LogP contribution is -2.60. The second-order valence-electron chi connectivity index (χ2n) is 6.52. The summed E-state index contributed by atoms with van der Waals surface area (Å²) in [6.07, 6.45) is 4.86. The van der Waals surface area contributed by atoms with Crippen molar-refractivity contribution >= 4 is 12.0 Å². The molecule has 96 valence electrons. The molecule has 1 aromatic rings. The Kier molecular flexibility index (Phi) is 2.35. The lowest BCUT2D eigenvalue weighted by molar-refractivity contribution is -0.596. The first-order valence-electron chi connectivity index (χ1n) is 6.88. The van der Waals surface area contributed by atoms with E-state index in [4.69, 9.17) is 0 Å². The van der Waals surface area contributed by atoms with Crippen molar-refractivity contribution in [3.8, 4) is 0 Å². The summed E-state index contributed by atoms with van der Waals surface area (Å²) in [5.74, 6) is 0. The molecule has 3 rings (SSSR count). The summed E-state index contributed by atoms with van der Waals surface area (Å²) in [6.45, 7) is 7.25. The third kappa shape index (κ3) is 1.32. The minimum absolute atomic E-state index is 0.295. The number of anilines is 1. The maximum atomic E-state index is 2.47. The molecule has 2 bridgehead atoms. The zero-order chi connectivity index (χ0) is 13.0. The Balaban J connectivity index is 2.10. The van der Waals surface area contributed by atoms with Gasteiger partial charge in [0.05, 0.1) is 7.05 Å². The van der Waals surface area contributed by atoms with Gasteiger partial charge in [-0.3, -0.25) is 4.58 Å². The zero-order valence-electron chi connectivity index (χ0n) is 11.9. The molecule has 2 nitrogen and oxygen atoms in total. The molecule has 2 heteroatoms. The third-order valence-electron chi connectivity index (χ3n) is 5.59. The van der Waals surface area contributed by atoms with Crippen molar-refractivity contribution < 1.29 is 4.58 Å². The Hall–Kier alpha value is -1.31. The fraction of sp³-hybridized carbons (Fsp3) is 0.562. The molecule has 1 aliphatic carbocycles. The smallest absolute Gasteiger partial charge is 0.239 e. The third-order valence-corrected chi connectivity index (χ3v) is 5.59. The van der Waals surface area contributed by atoms with E-state index < -0.39 is 0 Å². The van der Waals surface area contributed by atoms with Crippen molar-refractivity contribution in [2.75, 3.05) is 11.9 Å². The average Bonchev–Trinajstić information content (AvgIpc) is 2.51. The first-order chi connectivity index (χ1) is 8.47. The second-order valence-corrected chi connectivity index (χ2v) is 6.52. The maximum Gasteiger partial charge on any atom is 0.239 e. The Bertz CT molecular complexity index is 489. The summed E-state index contributed by atoms with van der Waals surface area (Å²) in [6, 6.07) is 11.4. The molecular weight excluding hydrogens is 220 g/mol. The molecule has 2 aliphatic rings. The van der Waals surface area contributed by atoms with Gasteiger partial charge < -0.3 is 0 Å². The fourth-order valence-corrected chi connectivity index (χ4v) is 3.82. The van der Waals surface area contributed by atoms with E-state index in [1.54, 1.807) is 0 Å². The maximum absolute atomic E-state index is 2.47. The van der Waals surface area contributed by atoms with Gasteiger partial charge in [0.2, 0.25) is 6.34 Å². The molecule has 1 aromatic carbocycles. The van der Waals surface area contributed by atoms with E-state index in [0.29, 0.717) is 17.0 Å². The van der Waals surface area contributed by atoms with Gasteiger partial charge in [-0.1, -0.05) is 32.0 Å². The summed E-state index contributed by atoms with van der Waals surface area (Å²) in [4.78, 5) is 2.47. The molecule has 0 N–H and O–H groups in total. The molecule has 1 heterocycles. The average molecular weight is 243 g/mol. The molecule has 1 saturated carbocycles. The molecule has 1 fully saturated rings. The highest BCUT2D eigenvalue weighted by Crippen LogP contribution is 2.52. The van der Waals surface area contributed by atoms with Crippen LogP contribution in [0.5, 0.6) is 0 Å². The van der Waals surface area contributed by atoms with Gasteiger partial charge in [-0.25, -0.2) is 4.90 Å². The molecule has 1 aliphatic heterocycles. The Morgan fingerprint density at radius 2 is 1.83 bits per heavy atom. The van der Waals surface area contributed by atoms with E-state index in [9.17, 15) is 0 Å². The minimum atomic E-state index is 0.295. The molecular formula is C16H23N2+. The molecule has 0 spiro atoms. The van der Waals surface area contributed by atoms with Crippen molar-refractivity contribution in [2.45, 2.75) is 45.2 Å². The topological polar surface area (TPSA) is 6.25 Å². The second kappa shape index (κ2) is 3.59. The SMILES string of the molecule is C[N+]1=CN(c2ccccc2)[C@H]2CC[C@]1(C)C2(C)C. The van der Waals surface area contributed by atoms with Crippen molar-refractivity contribution in [1.29, 1.82) is 0 Å². The van der Waals surface area contributed by atoms with E-state index >= 15 is 0 Å². The Morgan fingerprint density at radius 3 is 2.50 bits per heavy atom. The quantitative estimate of drug-likeness (QED) is 0.687. The summed E-state index contributed by atoms with van der Waals surface area (Å²) in [5.41, 5.74) is 1.92. The molecule has 0 radical (unpaired) electrons. The van der Waals surface area contributed by atoms with Crippen LogP contribution < -0.4 is 4.90 Å². The van der Waals surface area contributed by atoms with Crippen LogP contribution in [-0.2, 0) is 0 Å². The zero-order valence-corrected chi connectivity index (χ0v) is 11.9. The molecule has 0 unspecified atom stereocenters. The summed E-state index contributed by atoms with van der Waals surface area (Å²) < 4.78 is 2.42. The van der Waals surface area contributed by atoms with Crippen LogP contribution in [0.25, 0.3) is 0 Å². The van der Waals surface area contributed by atoms with Crippen molar-refractivity contribution in [1.82, 2.24) is 0 Å².